The van der Waals surface area contributed by atoms with E-state index in [1.54, 1.807) is 25.1 Å². The quantitative estimate of drug-likeness (QED) is 0.565. The molecular weight excluding hydrogens is 375 g/mol. The average Bonchev–Trinajstić information content (AvgIpc) is 3.17. The Kier molecular flexibility index (Phi) is 6.66. The third kappa shape index (κ3) is 5.45. The van der Waals surface area contributed by atoms with Gasteiger partial charge in [-0.2, -0.15) is 4.98 Å². The predicted octanol–water partition coefficient (Wildman–Crippen LogP) is 3.31. The van der Waals surface area contributed by atoms with Gasteiger partial charge < -0.3 is 14.9 Å². The fourth-order valence-electron chi connectivity index (χ4n) is 2.89. The Morgan fingerprint density at radius 2 is 1.97 bits per heavy atom. The van der Waals surface area contributed by atoms with Crippen LogP contribution < -0.4 is 5.32 Å². The Balaban J connectivity index is 1.53. The lowest BCUT2D eigenvalue weighted by molar-refractivity contribution is 0.0947. The number of aliphatic hydroxyl groups is 1. The molecule has 0 bridgehead atoms. The fourth-order valence-corrected chi connectivity index (χ4v) is 2.89. The largest absolute Gasteiger partial charge is 0.382 e. The zero-order valence-corrected chi connectivity index (χ0v) is 16.3. The molecule has 0 fully saturated rings. The van der Waals surface area contributed by atoms with Gasteiger partial charge in [0.2, 0.25) is 5.89 Å². The SMILES string of the molecule is Cc1nc([C@@H](C)CCCNC(=O)c2cccc(C(O)c3ccc(F)cc3)n2)no1. The highest BCUT2D eigenvalue weighted by Gasteiger charge is 2.16. The normalized spacial score (nSPS) is 13.1. The van der Waals surface area contributed by atoms with Crippen molar-refractivity contribution in [3.63, 3.8) is 0 Å². The first-order valence-corrected chi connectivity index (χ1v) is 9.43. The van der Waals surface area contributed by atoms with E-state index in [1.807, 2.05) is 6.92 Å². The zero-order valence-electron chi connectivity index (χ0n) is 16.3. The van der Waals surface area contributed by atoms with Crippen LogP contribution in [-0.4, -0.2) is 32.7 Å². The van der Waals surface area contributed by atoms with E-state index in [0.717, 1.165) is 12.8 Å². The number of nitrogens with one attached hydrogen (secondary N) is 1. The molecule has 3 aromatic rings. The molecule has 1 amide bonds. The minimum absolute atomic E-state index is 0.136. The van der Waals surface area contributed by atoms with Gasteiger partial charge in [-0.25, -0.2) is 9.37 Å². The molecule has 1 aromatic carbocycles. The number of aliphatic hydroxyl groups excluding tert-OH is 1. The smallest absolute Gasteiger partial charge is 0.269 e. The van der Waals surface area contributed by atoms with Crippen molar-refractivity contribution >= 4 is 5.91 Å². The van der Waals surface area contributed by atoms with Gasteiger partial charge >= 0.3 is 0 Å². The fraction of sp³-hybridized carbons (Fsp3) is 0.333. The van der Waals surface area contributed by atoms with E-state index in [4.69, 9.17) is 4.52 Å². The molecule has 0 saturated carbocycles. The molecule has 0 saturated heterocycles. The minimum Gasteiger partial charge on any atom is -0.382 e. The minimum atomic E-state index is -1.04. The van der Waals surface area contributed by atoms with E-state index in [9.17, 15) is 14.3 Å². The Hall–Kier alpha value is -3.13. The van der Waals surface area contributed by atoms with Crippen molar-refractivity contribution in [2.24, 2.45) is 0 Å². The summed E-state index contributed by atoms with van der Waals surface area (Å²) >= 11 is 0. The standard InChI is InChI=1S/C21H23FN4O3/c1-13(20-24-14(2)29-26-20)5-4-12-23-21(28)18-7-3-6-17(25-18)19(27)15-8-10-16(22)11-9-15/h3,6-11,13,19,27H,4-5,12H2,1-2H3,(H,23,28)/t13-,19?/m0/s1. The number of carbonyl (C=O) groups is 1. The van der Waals surface area contributed by atoms with Crippen LogP contribution in [-0.2, 0) is 0 Å². The number of aromatic nitrogens is 3. The van der Waals surface area contributed by atoms with Crippen molar-refractivity contribution in [2.45, 2.75) is 38.7 Å². The van der Waals surface area contributed by atoms with E-state index in [-0.39, 0.29) is 23.3 Å². The van der Waals surface area contributed by atoms with Gasteiger partial charge in [0.05, 0.1) is 5.69 Å². The van der Waals surface area contributed by atoms with Gasteiger partial charge in [0.25, 0.3) is 5.91 Å². The number of aryl methyl sites for hydroxylation is 1. The molecule has 0 spiro atoms. The van der Waals surface area contributed by atoms with Crippen LogP contribution in [0.15, 0.2) is 47.0 Å². The van der Waals surface area contributed by atoms with Crippen LogP contribution in [0.25, 0.3) is 0 Å². The maximum atomic E-state index is 13.1. The summed E-state index contributed by atoms with van der Waals surface area (Å²) in [6.07, 6.45) is 0.511. The molecule has 2 heterocycles. The van der Waals surface area contributed by atoms with Gasteiger partial charge in [-0.05, 0) is 42.7 Å². The molecule has 2 aromatic heterocycles. The highest BCUT2D eigenvalue weighted by molar-refractivity contribution is 5.92. The highest BCUT2D eigenvalue weighted by Crippen LogP contribution is 2.21. The van der Waals surface area contributed by atoms with Crippen molar-refractivity contribution in [3.05, 3.63) is 76.9 Å². The lowest BCUT2D eigenvalue weighted by Gasteiger charge is -2.12. The summed E-state index contributed by atoms with van der Waals surface area (Å²) < 4.78 is 18.0. The summed E-state index contributed by atoms with van der Waals surface area (Å²) in [6.45, 7) is 4.23. The number of pyridine rings is 1. The molecule has 3 rings (SSSR count). The molecule has 7 nitrogen and oxygen atoms in total. The Bertz CT molecular complexity index is 959. The van der Waals surface area contributed by atoms with Crippen molar-refractivity contribution in [2.75, 3.05) is 6.54 Å². The summed E-state index contributed by atoms with van der Waals surface area (Å²) in [4.78, 5) is 20.8. The second kappa shape index (κ2) is 9.38. The van der Waals surface area contributed by atoms with Crippen molar-refractivity contribution in [1.29, 1.82) is 0 Å². The molecule has 152 valence electrons. The molecule has 0 aliphatic carbocycles. The van der Waals surface area contributed by atoms with Crippen LogP contribution in [0.4, 0.5) is 4.39 Å². The lowest BCUT2D eigenvalue weighted by Crippen LogP contribution is -2.26. The van der Waals surface area contributed by atoms with Crippen LogP contribution in [0.1, 0.15) is 65.2 Å². The molecular formula is C21H23FN4O3. The number of hydrogen-bond donors (Lipinski definition) is 2. The van der Waals surface area contributed by atoms with Gasteiger partial charge in [0.15, 0.2) is 5.82 Å². The summed E-state index contributed by atoms with van der Waals surface area (Å²) in [5, 5.41) is 17.2. The monoisotopic (exact) mass is 398 g/mol. The maximum Gasteiger partial charge on any atom is 0.269 e. The van der Waals surface area contributed by atoms with Crippen molar-refractivity contribution in [3.8, 4) is 0 Å². The van der Waals surface area contributed by atoms with Crippen LogP contribution >= 0.6 is 0 Å². The van der Waals surface area contributed by atoms with Gasteiger partial charge in [-0.15, -0.1) is 0 Å². The van der Waals surface area contributed by atoms with E-state index in [2.05, 4.69) is 20.4 Å². The van der Waals surface area contributed by atoms with E-state index in [0.29, 0.717) is 29.5 Å². The lowest BCUT2D eigenvalue weighted by atomic mass is 10.1. The first-order valence-electron chi connectivity index (χ1n) is 9.43. The molecule has 2 atom stereocenters. The third-order valence-electron chi connectivity index (χ3n) is 4.55. The topological polar surface area (TPSA) is 101 Å². The number of amides is 1. The Morgan fingerprint density at radius 3 is 2.66 bits per heavy atom. The molecule has 0 aliphatic rings. The predicted molar refractivity (Wildman–Crippen MR) is 104 cm³/mol. The van der Waals surface area contributed by atoms with Crippen LogP contribution in [0, 0.1) is 12.7 Å². The molecule has 8 heteroatoms. The molecule has 29 heavy (non-hydrogen) atoms. The van der Waals surface area contributed by atoms with Gasteiger partial charge in [0, 0.05) is 19.4 Å². The van der Waals surface area contributed by atoms with Crippen LogP contribution in [0.2, 0.25) is 0 Å². The summed E-state index contributed by atoms with van der Waals surface area (Å²) in [5.41, 5.74) is 1.04. The molecule has 0 radical (unpaired) electrons. The Morgan fingerprint density at radius 1 is 1.21 bits per heavy atom. The molecule has 2 N–H and O–H groups in total. The molecule has 1 unspecified atom stereocenters. The second-order valence-electron chi connectivity index (χ2n) is 6.87. The summed E-state index contributed by atoms with van der Waals surface area (Å²) in [7, 11) is 0. The van der Waals surface area contributed by atoms with Crippen molar-refractivity contribution < 1.29 is 18.8 Å². The third-order valence-corrected chi connectivity index (χ3v) is 4.55. The Labute approximate surface area is 168 Å². The van der Waals surface area contributed by atoms with Gasteiger partial charge in [-0.1, -0.05) is 30.3 Å². The highest BCUT2D eigenvalue weighted by atomic mass is 19.1. The van der Waals surface area contributed by atoms with E-state index in [1.165, 1.54) is 24.3 Å². The number of hydrogen-bond acceptors (Lipinski definition) is 6. The van der Waals surface area contributed by atoms with Gasteiger partial charge in [-0.3, -0.25) is 4.79 Å². The number of rotatable bonds is 8. The molecule has 0 aliphatic heterocycles. The maximum absolute atomic E-state index is 13.1. The summed E-state index contributed by atoms with van der Waals surface area (Å²) in [6, 6.07) is 10.4. The average molecular weight is 398 g/mol. The van der Waals surface area contributed by atoms with E-state index >= 15 is 0 Å². The number of halogens is 1. The first kappa shape index (κ1) is 20.6. The number of nitrogens with zero attached hydrogens (tertiary/aromatic N) is 3. The van der Waals surface area contributed by atoms with Crippen LogP contribution in [0.3, 0.4) is 0 Å². The van der Waals surface area contributed by atoms with Crippen molar-refractivity contribution in [1.82, 2.24) is 20.4 Å². The number of benzene rings is 1. The van der Waals surface area contributed by atoms with Gasteiger partial charge in [0.1, 0.15) is 17.6 Å². The zero-order chi connectivity index (χ0) is 20.8. The first-order chi connectivity index (χ1) is 13.9. The van der Waals surface area contributed by atoms with E-state index < -0.39 is 6.10 Å². The summed E-state index contributed by atoms with van der Waals surface area (Å²) in [5.74, 6) is 0.635. The number of carbonyl (C=O) groups excluding carboxylic acids is 1. The van der Waals surface area contributed by atoms with Crippen LogP contribution in [0.5, 0.6) is 0 Å². The second-order valence-corrected chi connectivity index (χ2v) is 6.87.